The fourth-order valence-corrected chi connectivity index (χ4v) is 5.56. The zero-order valence-electron chi connectivity index (χ0n) is 18.1. The summed E-state index contributed by atoms with van der Waals surface area (Å²) in [6.07, 6.45) is 2.60. The highest BCUT2D eigenvalue weighted by atomic mass is 32.2. The summed E-state index contributed by atoms with van der Waals surface area (Å²) in [7, 11) is -3.82. The van der Waals surface area contributed by atoms with Gasteiger partial charge in [-0.3, -0.25) is 4.79 Å². The minimum atomic E-state index is -3.82. The number of carbonyl (C=O) groups is 1. The van der Waals surface area contributed by atoms with E-state index in [0.717, 1.165) is 27.6 Å². The summed E-state index contributed by atoms with van der Waals surface area (Å²) in [5.41, 5.74) is 5.40. The van der Waals surface area contributed by atoms with Crippen LogP contribution in [0.25, 0.3) is 10.9 Å². The van der Waals surface area contributed by atoms with Crippen LogP contribution >= 0.6 is 0 Å². The molecule has 0 bridgehead atoms. The average Bonchev–Trinajstić information content (AvgIpc) is 3.09. The Balaban J connectivity index is 1.65. The zero-order chi connectivity index (χ0) is 22.1. The molecule has 0 saturated heterocycles. The van der Waals surface area contributed by atoms with Gasteiger partial charge in [0.2, 0.25) is 15.9 Å². The number of fused-ring (bicyclic) bond motifs is 1. The number of H-pyrrole nitrogens is 1. The highest BCUT2D eigenvalue weighted by Gasteiger charge is 2.26. The number of hydrogen-bond donors (Lipinski definition) is 3. The van der Waals surface area contributed by atoms with Crippen molar-refractivity contribution >= 4 is 26.8 Å². The van der Waals surface area contributed by atoms with E-state index >= 15 is 0 Å². The predicted molar refractivity (Wildman–Crippen MR) is 120 cm³/mol. The third-order valence-corrected chi connectivity index (χ3v) is 7.47. The topological polar surface area (TPSA) is 91.1 Å². The molecule has 1 atom stereocenters. The van der Waals surface area contributed by atoms with Crippen molar-refractivity contribution in [3.05, 3.63) is 64.3 Å². The number of hydrogen-bond acceptors (Lipinski definition) is 3. The molecule has 7 heteroatoms. The van der Waals surface area contributed by atoms with Gasteiger partial charge in [0, 0.05) is 23.6 Å². The van der Waals surface area contributed by atoms with Gasteiger partial charge in [-0.15, -0.1) is 0 Å². The van der Waals surface area contributed by atoms with Gasteiger partial charge in [0.25, 0.3) is 0 Å². The minimum Gasteiger partial charge on any atom is -0.361 e. The van der Waals surface area contributed by atoms with Gasteiger partial charge in [0.1, 0.15) is 0 Å². The van der Waals surface area contributed by atoms with Gasteiger partial charge >= 0.3 is 0 Å². The standard InChI is InChI=1S/C23H29N3O3S/c1-14-12-15(2)17(4)22(16(14)3)30(28,29)26-18(5)23(27)24-11-10-19-13-25-21-9-7-6-8-20(19)21/h6-9,12-13,18,25-26H,10-11H2,1-5H3,(H,24,27)/t18-/m0/s1. The van der Waals surface area contributed by atoms with Gasteiger partial charge in [-0.05, 0) is 74.9 Å². The zero-order valence-corrected chi connectivity index (χ0v) is 18.9. The summed E-state index contributed by atoms with van der Waals surface area (Å²) < 4.78 is 28.5. The number of rotatable bonds is 7. The Morgan fingerprint density at radius 3 is 2.37 bits per heavy atom. The summed E-state index contributed by atoms with van der Waals surface area (Å²) in [5.74, 6) is -0.349. The fourth-order valence-electron chi connectivity index (χ4n) is 3.74. The van der Waals surface area contributed by atoms with Gasteiger partial charge in [0.05, 0.1) is 10.9 Å². The van der Waals surface area contributed by atoms with Crippen molar-refractivity contribution < 1.29 is 13.2 Å². The molecule has 0 radical (unpaired) electrons. The molecule has 3 aromatic rings. The van der Waals surface area contributed by atoms with Crippen LogP contribution in [-0.2, 0) is 21.2 Å². The lowest BCUT2D eigenvalue weighted by molar-refractivity contribution is -0.122. The lowest BCUT2D eigenvalue weighted by Crippen LogP contribution is -2.45. The molecule has 0 saturated carbocycles. The quantitative estimate of drug-likeness (QED) is 0.539. The molecule has 0 fully saturated rings. The Kier molecular flexibility index (Phi) is 6.33. The Labute approximate surface area is 178 Å². The van der Waals surface area contributed by atoms with E-state index in [0.29, 0.717) is 24.1 Å². The molecule has 0 spiro atoms. The van der Waals surface area contributed by atoms with E-state index in [4.69, 9.17) is 0 Å². The highest BCUT2D eigenvalue weighted by molar-refractivity contribution is 7.89. The van der Waals surface area contributed by atoms with Crippen molar-refractivity contribution in [2.45, 2.75) is 52.0 Å². The molecule has 0 aliphatic heterocycles. The fraction of sp³-hybridized carbons (Fsp3) is 0.348. The van der Waals surface area contributed by atoms with Crippen molar-refractivity contribution in [2.75, 3.05) is 6.54 Å². The summed E-state index contributed by atoms with van der Waals surface area (Å²) in [6, 6.07) is 9.09. The van der Waals surface area contributed by atoms with Crippen LogP contribution in [0.15, 0.2) is 41.4 Å². The summed E-state index contributed by atoms with van der Waals surface area (Å²) in [5, 5.41) is 3.96. The molecule has 160 valence electrons. The number of para-hydroxylation sites is 1. The van der Waals surface area contributed by atoms with Crippen LogP contribution in [0.1, 0.15) is 34.7 Å². The number of nitrogens with one attached hydrogen (secondary N) is 3. The van der Waals surface area contributed by atoms with Crippen molar-refractivity contribution in [2.24, 2.45) is 0 Å². The molecular formula is C23H29N3O3S. The van der Waals surface area contributed by atoms with Crippen molar-refractivity contribution in [3.63, 3.8) is 0 Å². The van der Waals surface area contributed by atoms with E-state index in [9.17, 15) is 13.2 Å². The maximum Gasteiger partial charge on any atom is 0.241 e. The average molecular weight is 428 g/mol. The monoisotopic (exact) mass is 427 g/mol. The Morgan fingerprint density at radius 2 is 1.70 bits per heavy atom. The summed E-state index contributed by atoms with van der Waals surface area (Å²) >= 11 is 0. The first-order chi connectivity index (χ1) is 14.1. The maximum absolute atomic E-state index is 13.0. The molecule has 0 unspecified atom stereocenters. The SMILES string of the molecule is Cc1cc(C)c(C)c(S(=O)(=O)N[C@@H](C)C(=O)NCCc2c[nH]c3ccccc23)c1C. The first-order valence-corrected chi connectivity index (χ1v) is 11.5. The Bertz CT molecular complexity index is 1170. The summed E-state index contributed by atoms with van der Waals surface area (Å²) in [4.78, 5) is 16.0. The van der Waals surface area contributed by atoms with Crippen LogP contribution in [0.3, 0.4) is 0 Å². The van der Waals surface area contributed by atoms with Crippen LogP contribution in [0.5, 0.6) is 0 Å². The molecule has 1 heterocycles. The van der Waals surface area contributed by atoms with Gasteiger partial charge in [0.15, 0.2) is 0 Å². The van der Waals surface area contributed by atoms with E-state index < -0.39 is 16.1 Å². The normalized spacial score (nSPS) is 12.8. The third kappa shape index (κ3) is 4.42. The number of aryl methyl sites for hydroxylation is 2. The number of benzene rings is 2. The predicted octanol–water partition coefficient (Wildman–Crippen LogP) is 3.43. The van der Waals surface area contributed by atoms with Crippen molar-refractivity contribution in [1.29, 1.82) is 0 Å². The molecule has 0 aliphatic rings. The van der Waals surface area contributed by atoms with Crippen molar-refractivity contribution in [3.8, 4) is 0 Å². The van der Waals surface area contributed by atoms with Crippen LogP contribution in [0.4, 0.5) is 0 Å². The lowest BCUT2D eigenvalue weighted by Gasteiger charge is -2.19. The van der Waals surface area contributed by atoms with Crippen LogP contribution in [0, 0.1) is 27.7 Å². The second kappa shape index (κ2) is 8.62. The van der Waals surface area contributed by atoms with E-state index in [1.807, 2.05) is 50.4 Å². The number of aromatic nitrogens is 1. The minimum absolute atomic E-state index is 0.262. The van der Waals surface area contributed by atoms with Crippen LogP contribution in [-0.4, -0.2) is 31.9 Å². The highest BCUT2D eigenvalue weighted by Crippen LogP contribution is 2.26. The first kappa shape index (κ1) is 22.1. The van der Waals surface area contributed by atoms with E-state index in [1.165, 1.54) is 0 Å². The second-order valence-electron chi connectivity index (χ2n) is 7.83. The largest absolute Gasteiger partial charge is 0.361 e. The van der Waals surface area contributed by atoms with Gasteiger partial charge in [-0.25, -0.2) is 8.42 Å². The second-order valence-corrected chi connectivity index (χ2v) is 9.48. The van der Waals surface area contributed by atoms with E-state index in [2.05, 4.69) is 15.0 Å². The molecule has 2 aromatic carbocycles. The molecule has 1 amide bonds. The third-order valence-electron chi connectivity index (χ3n) is 5.66. The Morgan fingerprint density at radius 1 is 1.07 bits per heavy atom. The lowest BCUT2D eigenvalue weighted by atomic mass is 10.0. The van der Waals surface area contributed by atoms with Crippen molar-refractivity contribution in [1.82, 2.24) is 15.0 Å². The molecular weight excluding hydrogens is 398 g/mol. The molecule has 1 aromatic heterocycles. The van der Waals surface area contributed by atoms with Gasteiger partial charge in [-0.1, -0.05) is 24.3 Å². The number of carbonyl (C=O) groups excluding carboxylic acids is 1. The summed E-state index contributed by atoms with van der Waals surface area (Å²) in [6.45, 7) is 9.36. The van der Waals surface area contributed by atoms with Crippen LogP contribution < -0.4 is 10.0 Å². The molecule has 0 aliphatic carbocycles. The van der Waals surface area contributed by atoms with E-state index in [1.54, 1.807) is 20.8 Å². The number of aromatic amines is 1. The van der Waals surface area contributed by atoms with Crippen LogP contribution in [0.2, 0.25) is 0 Å². The van der Waals surface area contributed by atoms with Gasteiger partial charge in [-0.2, -0.15) is 4.72 Å². The first-order valence-electron chi connectivity index (χ1n) is 10.0. The molecule has 30 heavy (non-hydrogen) atoms. The number of amides is 1. The molecule has 6 nitrogen and oxygen atoms in total. The smallest absolute Gasteiger partial charge is 0.241 e. The maximum atomic E-state index is 13.0. The number of sulfonamides is 1. The molecule has 3 N–H and O–H groups in total. The molecule has 3 rings (SSSR count). The van der Waals surface area contributed by atoms with Gasteiger partial charge < -0.3 is 10.3 Å². The van der Waals surface area contributed by atoms with E-state index in [-0.39, 0.29) is 10.8 Å². The Hall–Kier alpha value is -2.64.